The van der Waals surface area contributed by atoms with E-state index in [9.17, 15) is 4.39 Å². The number of halogens is 2. The number of hydrogen-bond donors (Lipinski definition) is 0. The fourth-order valence-electron chi connectivity index (χ4n) is 5.01. The number of fused-ring (bicyclic) bond motifs is 1. The maximum absolute atomic E-state index is 14.8. The van der Waals surface area contributed by atoms with Crippen LogP contribution in [-0.4, -0.2) is 46.0 Å². The lowest BCUT2D eigenvalue weighted by Crippen LogP contribution is -2.30. The monoisotopic (exact) mass is 437 g/mol. The standard InChI is InChI=1S/C24H25ClFN5/c1-15-9-16(2)29-24(28-15)31-13-18-11-30(12-19(18)14-31)10-17-5-3-7-21(26)22(17)23-20(25)6-4-8-27-23/h3-9,18-19H,10-14H2,1-2H3. The molecule has 2 fully saturated rings. The summed E-state index contributed by atoms with van der Waals surface area (Å²) in [5.74, 6) is 1.70. The number of rotatable bonds is 4. The number of aryl methyl sites for hydroxylation is 2. The Hall–Kier alpha value is -2.57. The zero-order valence-corrected chi connectivity index (χ0v) is 18.5. The highest BCUT2D eigenvalue weighted by Crippen LogP contribution is 2.36. The second-order valence-electron chi connectivity index (χ2n) is 8.68. The average Bonchev–Trinajstić information content (AvgIpc) is 3.27. The van der Waals surface area contributed by atoms with Gasteiger partial charge in [-0.05, 0) is 55.5 Å². The summed E-state index contributed by atoms with van der Waals surface area (Å²) in [5.41, 5.74) is 3.96. The average molecular weight is 438 g/mol. The van der Waals surface area contributed by atoms with Crippen LogP contribution in [0.2, 0.25) is 5.02 Å². The molecule has 0 saturated carbocycles. The first-order valence-corrected chi connectivity index (χ1v) is 11.0. The molecule has 2 aliphatic rings. The molecule has 160 valence electrons. The molecule has 1 aromatic carbocycles. The summed E-state index contributed by atoms with van der Waals surface area (Å²) < 4.78 is 14.8. The van der Waals surface area contributed by atoms with Crippen molar-refractivity contribution in [2.24, 2.45) is 11.8 Å². The van der Waals surface area contributed by atoms with Crippen molar-refractivity contribution >= 4 is 17.5 Å². The molecule has 5 nitrogen and oxygen atoms in total. The lowest BCUT2D eigenvalue weighted by Gasteiger charge is -2.23. The molecule has 4 heterocycles. The molecule has 31 heavy (non-hydrogen) atoms. The molecule has 7 heteroatoms. The van der Waals surface area contributed by atoms with Crippen molar-refractivity contribution < 1.29 is 4.39 Å². The third-order valence-corrected chi connectivity index (χ3v) is 6.61. The van der Waals surface area contributed by atoms with Crippen LogP contribution in [0.25, 0.3) is 11.3 Å². The van der Waals surface area contributed by atoms with Gasteiger partial charge in [0.1, 0.15) is 5.82 Å². The van der Waals surface area contributed by atoms with Gasteiger partial charge in [0.25, 0.3) is 0 Å². The Balaban J connectivity index is 1.32. The van der Waals surface area contributed by atoms with E-state index in [0.29, 0.717) is 34.7 Å². The van der Waals surface area contributed by atoms with Crippen molar-refractivity contribution in [1.29, 1.82) is 0 Å². The molecule has 0 aliphatic carbocycles. The van der Waals surface area contributed by atoms with Crippen LogP contribution in [0.1, 0.15) is 17.0 Å². The fourth-order valence-corrected chi connectivity index (χ4v) is 5.22. The lowest BCUT2D eigenvalue weighted by atomic mass is 10.0. The van der Waals surface area contributed by atoms with Crippen LogP contribution in [0.5, 0.6) is 0 Å². The molecule has 2 aromatic heterocycles. The summed E-state index contributed by atoms with van der Waals surface area (Å²) in [4.78, 5) is 18.3. The molecule has 2 unspecified atom stereocenters. The van der Waals surface area contributed by atoms with Crippen molar-refractivity contribution in [2.75, 3.05) is 31.1 Å². The molecule has 2 saturated heterocycles. The smallest absolute Gasteiger partial charge is 0.225 e. The maximum atomic E-state index is 14.8. The van der Waals surface area contributed by atoms with Crippen molar-refractivity contribution in [3.8, 4) is 11.3 Å². The topological polar surface area (TPSA) is 45.2 Å². The minimum atomic E-state index is -0.282. The van der Waals surface area contributed by atoms with Crippen LogP contribution in [-0.2, 0) is 6.54 Å². The molecule has 0 spiro atoms. The second-order valence-corrected chi connectivity index (χ2v) is 9.08. The van der Waals surface area contributed by atoms with Gasteiger partial charge in [0, 0.05) is 55.9 Å². The van der Waals surface area contributed by atoms with Gasteiger partial charge < -0.3 is 4.90 Å². The zero-order chi connectivity index (χ0) is 21.5. The van der Waals surface area contributed by atoms with Gasteiger partial charge in [-0.25, -0.2) is 14.4 Å². The molecule has 0 bridgehead atoms. The van der Waals surface area contributed by atoms with E-state index >= 15 is 0 Å². The fraction of sp³-hybridized carbons (Fsp3) is 0.375. The number of nitrogens with zero attached hydrogens (tertiary/aromatic N) is 5. The number of pyridine rings is 1. The minimum Gasteiger partial charge on any atom is -0.340 e. The Morgan fingerprint density at radius 3 is 2.39 bits per heavy atom. The van der Waals surface area contributed by atoms with E-state index in [0.717, 1.165) is 49.1 Å². The number of likely N-dealkylation sites (tertiary alicyclic amines) is 1. The van der Waals surface area contributed by atoms with E-state index in [2.05, 4.69) is 24.8 Å². The predicted octanol–water partition coefficient (Wildman–Crippen LogP) is 4.52. The maximum Gasteiger partial charge on any atom is 0.225 e. The zero-order valence-electron chi connectivity index (χ0n) is 17.7. The van der Waals surface area contributed by atoms with Crippen molar-refractivity contribution in [3.05, 3.63) is 70.4 Å². The highest BCUT2D eigenvalue weighted by molar-refractivity contribution is 6.33. The van der Waals surface area contributed by atoms with Gasteiger partial charge in [-0.3, -0.25) is 9.88 Å². The van der Waals surface area contributed by atoms with Gasteiger partial charge in [0.2, 0.25) is 5.95 Å². The number of aromatic nitrogens is 3. The first kappa shape index (κ1) is 20.3. The van der Waals surface area contributed by atoms with Crippen LogP contribution in [0.4, 0.5) is 10.3 Å². The Morgan fingerprint density at radius 2 is 1.71 bits per heavy atom. The van der Waals surface area contributed by atoms with E-state index in [1.807, 2.05) is 26.0 Å². The molecule has 5 rings (SSSR count). The van der Waals surface area contributed by atoms with E-state index in [1.54, 1.807) is 24.4 Å². The van der Waals surface area contributed by atoms with Gasteiger partial charge >= 0.3 is 0 Å². The quantitative estimate of drug-likeness (QED) is 0.600. The van der Waals surface area contributed by atoms with Gasteiger partial charge in [0.15, 0.2) is 0 Å². The van der Waals surface area contributed by atoms with Crippen LogP contribution < -0.4 is 4.90 Å². The third kappa shape index (κ3) is 4.02. The number of hydrogen-bond acceptors (Lipinski definition) is 5. The van der Waals surface area contributed by atoms with E-state index in [-0.39, 0.29) is 5.82 Å². The highest BCUT2D eigenvalue weighted by atomic mass is 35.5. The molecule has 2 aliphatic heterocycles. The van der Waals surface area contributed by atoms with Crippen molar-refractivity contribution in [3.63, 3.8) is 0 Å². The molecule has 2 atom stereocenters. The normalized spacial score (nSPS) is 21.0. The summed E-state index contributed by atoms with van der Waals surface area (Å²) in [7, 11) is 0. The van der Waals surface area contributed by atoms with Gasteiger partial charge in [-0.1, -0.05) is 23.7 Å². The Morgan fingerprint density at radius 1 is 1.00 bits per heavy atom. The van der Waals surface area contributed by atoms with Gasteiger partial charge in [-0.15, -0.1) is 0 Å². The highest BCUT2D eigenvalue weighted by Gasteiger charge is 2.41. The first-order valence-electron chi connectivity index (χ1n) is 10.7. The van der Waals surface area contributed by atoms with E-state index in [1.165, 1.54) is 6.07 Å². The Labute approximate surface area is 186 Å². The largest absolute Gasteiger partial charge is 0.340 e. The van der Waals surface area contributed by atoms with Crippen LogP contribution in [0.15, 0.2) is 42.6 Å². The third-order valence-electron chi connectivity index (χ3n) is 6.30. The summed E-state index contributed by atoms with van der Waals surface area (Å²) in [6.07, 6.45) is 1.65. The number of anilines is 1. The van der Waals surface area contributed by atoms with Crippen LogP contribution in [0.3, 0.4) is 0 Å². The first-order chi connectivity index (χ1) is 15.0. The van der Waals surface area contributed by atoms with Crippen molar-refractivity contribution in [1.82, 2.24) is 19.9 Å². The lowest BCUT2D eigenvalue weighted by molar-refractivity contribution is 0.308. The summed E-state index contributed by atoms with van der Waals surface area (Å²) in [6, 6.07) is 10.7. The molecule has 3 aromatic rings. The Bertz CT molecular complexity index is 1090. The minimum absolute atomic E-state index is 0.282. The Kier molecular flexibility index (Phi) is 5.36. The second kappa shape index (κ2) is 8.17. The molecular weight excluding hydrogens is 413 g/mol. The number of benzene rings is 1. The van der Waals surface area contributed by atoms with E-state index < -0.39 is 0 Å². The SMILES string of the molecule is Cc1cc(C)nc(N2CC3CN(Cc4cccc(F)c4-c4ncccc4Cl)CC3C2)n1. The van der Waals surface area contributed by atoms with Gasteiger partial charge in [0.05, 0.1) is 10.7 Å². The molecule has 0 amide bonds. The van der Waals surface area contributed by atoms with Gasteiger partial charge in [-0.2, -0.15) is 0 Å². The van der Waals surface area contributed by atoms with Crippen LogP contribution in [0, 0.1) is 31.5 Å². The predicted molar refractivity (Wildman–Crippen MR) is 121 cm³/mol. The molecule has 0 N–H and O–H groups in total. The molecule has 0 radical (unpaired) electrons. The van der Waals surface area contributed by atoms with E-state index in [4.69, 9.17) is 11.6 Å². The molecular formula is C24H25ClFN5. The summed E-state index contributed by atoms with van der Waals surface area (Å²) in [6.45, 7) is 8.61. The summed E-state index contributed by atoms with van der Waals surface area (Å²) in [5, 5.41) is 0.469. The van der Waals surface area contributed by atoms with Crippen molar-refractivity contribution in [2.45, 2.75) is 20.4 Å². The van der Waals surface area contributed by atoms with Crippen LogP contribution >= 0.6 is 11.6 Å². The summed E-state index contributed by atoms with van der Waals surface area (Å²) >= 11 is 6.33.